The average molecular weight is 452 g/mol. The topological polar surface area (TPSA) is 121 Å². The lowest BCUT2D eigenvalue weighted by atomic mass is 10.1. The minimum atomic E-state index is -0.704. The molecule has 3 aromatic rings. The summed E-state index contributed by atoms with van der Waals surface area (Å²) in [7, 11) is 1.57. The van der Waals surface area contributed by atoms with Crippen molar-refractivity contribution in [2.24, 2.45) is 0 Å². The zero-order chi connectivity index (χ0) is 23.2. The van der Waals surface area contributed by atoms with Crippen LogP contribution >= 0.6 is 0 Å². The Morgan fingerprint density at radius 2 is 1.82 bits per heavy atom. The van der Waals surface area contributed by atoms with E-state index in [-0.39, 0.29) is 29.6 Å². The van der Waals surface area contributed by atoms with Gasteiger partial charge in [-0.05, 0) is 49.2 Å². The van der Waals surface area contributed by atoms with Gasteiger partial charge in [-0.2, -0.15) is 0 Å². The zero-order valence-corrected chi connectivity index (χ0v) is 18.2. The van der Waals surface area contributed by atoms with Crippen molar-refractivity contribution < 1.29 is 23.6 Å². The van der Waals surface area contributed by atoms with Crippen molar-refractivity contribution in [1.29, 1.82) is 0 Å². The van der Waals surface area contributed by atoms with Crippen molar-refractivity contribution >= 4 is 17.3 Å². The number of methoxy groups -OCH3 is 1. The van der Waals surface area contributed by atoms with Gasteiger partial charge in [-0.15, -0.1) is 10.2 Å². The van der Waals surface area contributed by atoms with E-state index in [0.29, 0.717) is 17.0 Å². The maximum absolute atomic E-state index is 12.5. The Morgan fingerprint density at radius 1 is 1.09 bits per heavy atom. The summed E-state index contributed by atoms with van der Waals surface area (Å²) in [6, 6.07) is 11.5. The number of hydrogen-bond acceptors (Lipinski definition) is 9. The van der Waals surface area contributed by atoms with E-state index < -0.39 is 10.9 Å². The third-order valence-electron chi connectivity index (χ3n) is 5.49. The molecule has 0 atom stereocenters. The highest BCUT2D eigenvalue weighted by Gasteiger charge is 2.23. The quantitative estimate of drug-likeness (QED) is 0.292. The van der Waals surface area contributed by atoms with Crippen LogP contribution in [0.5, 0.6) is 5.75 Å². The van der Waals surface area contributed by atoms with E-state index in [1.54, 1.807) is 43.5 Å². The van der Waals surface area contributed by atoms with E-state index in [1.165, 1.54) is 6.07 Å². The lowest BCUT2D eigenvalue weighted by Gasteiger charge is -2.22. The van der Waals surface area contributed by atoms with Gasteiger partial charge < -0.3 is 18.8 Å². The van der Waals surface area contributed by atoms with Crippen molar-refractivity contribution in [3.63, 3.8) is 0 Å². The fourth-order valence-electron chi connectivity index (χ4n) is 3.75. The number of rotatable bonds is 7. The number of nitro benzene ring substituents is 1. The molecule has 1 aliphatic heterocycles. The molecule has 10 nitrogen and oxygen atoms in total. The molecule has 4 rings (SSSR count). The van der Waals surface area contributed by atoms with Crippen molar-refractivity contribution in [3.05, 3.63) is 64.0 Å². The molecule has 0 amide bonds. The van der Waals surface area contributed by atoms with Gasteiger partial charge >= 0.3 is 5.97 Å². The first-order chi connectivity index (χ1) is 16.0. The minimum absolute atomic E-state index is 0.0927. The summed E-state index contributed by atoms with van der Waals surface area (Å²) >= 11 is 0. The number of aromatic nitrogens is 2. The molecule has 10 heteroatoms. The number of esters is 1. The third-order valence-corrected chi connectivity index (χ3v) is 5.49. The number of nitrogens with zero attached hydrogens (tertiary/aromatic N) is 4. The number of hydrogen-bond donors (Lipinski definition) is 0. The minimum Gasteiger partial charge on any atom is -0.497 e. The lowest BCUT2D eigenvalue weighted by Crippen LogP contribution is -2.24. The number of benzene rings is 2. The second kappa shape index (κ2) is 10.1. The van der Waals surface area contributed by atoms with Gasteiger partial charge in [0.1, 0.15) is 11.4 Å². The van der Waals surface area contributed by atoms with E-state index in [4.69, 9.17) is 13.9 Å². The standard InChI is InChI=1S/C23H24N4O6/c1-31-18-9-6-16(7-10-18)22-25-24-21(33-22)15-32-23(28)17-8-11-19(20(14-17)27(29)30)26-12-4-2-3-5-13-26/h6-11,14H,2-5,12-13,15H2,1H3. The van der Waals surface area contributed by atoms with E-state index in [9.17, 15) is 14.9 Å². The summed E-state index contributed by atoms with van der Waals surface area (Å²) in [6.45, 7) is 1.28. The molecule has 0 unspecified atom stereocenters. The molecule has 1 aromatic heterocycles. The molecule has 0 saturated carbocycles. The van der Waals surface area contributed by atoms with Crippen LogP contribution < -0.4 is 9.64 Å². The van der Waals surface area contributed by atoms with Crippen molar-refractivity contribution in [1.82, 2.24) is 10.2 Å². The van der Waals surface area contributed by atoms with Crippen LogP contribution in [0.4, 0.5) is 11.4 Å². The Balaban J connectivity index is 1.43. The van der Waals surface area contributed by atoms with Crippen LogP contribution in [0.1, 0.15) is 41.9 Å². The Bertz CT molecular complexity index is 1120. The second-order valence-corrected chi connectivity index (χ2v) is 7.67. The molecule has 2 aromatic carbocycles. The maximum atomic E-state index is 12.5. The van der Waals surface area contributed by atoms with Crippen LogP contribution in [-0.2, 0) is 11.3 Å². The van der Waals surface area contributed by atoms with E-state index in [1.807, 2.05) is 4.90 Å². The monoisotopic (exact) mass is 452 g/mol. The summed E-state index contributed by atoms with van der Waals surface area (Å²) in [6.07, 6.45) is 4.21. The van der Waals surface area contributed by atoms with Gasteiger partial charge in [0.25, 0.3) is 11.6 Å². The third kappa shape index (κ3) is 5.28. The van der Waals surface area contributed by atoms with Crippen molar-refractivity contribution in [2.75, 3.05) is 25.1 Å². The highest BCUT2D eigenvalue weighted by molar-refractivity contribution is 5.91. The fourth-order valence-corrected chi connectivity index (χ4v) is 3.75. The summed E-state index contributed by atoms with van der Waals surface area (Å²) in [5, 5.41) is 19.5. The molecule has 0 N–H and O–H groups in total. The van der Waals surface area contributed by atoms with Crippen molar-refractivity contribution in [2.45, 2.75) is 32.3 Å². The summed E-state index contributed by atoms with van der Waals surface area (Å²) in [5.41, 5.74) is 1.21. The average Bonchev–Trinajstić information content (AvgIpc) is 3.15. The van der Waals surface area contributed by atoms with Gasteiger partial charge in [-0.25, -0.2) is 4.79 Å². The van der Waals surface area contributed by atoms with Crippen molar-refractivity contribution in [3.8, 4) is 17.2 Å². The number of nitro groups is 1. The molecule has 33 heavy (non-hydrogen) atoms. The highest BCUT2D eigenvalue weighted by Crippen LogP contribution is 2.31. The predicted molar refractivity (Wildman–Crippen MR) is 119 cm³/mol. The van der Waals surface area contributed by atoms with Crippen LogP contribution in [0.15, 0.2) is 46.9 Å². The first kappa shape index (κ1) is 22.3. The first-order valence-electron chi connectivity index (χ1n) is 10.7. The van der Waals surface area contributed by atoms with Crippen LogP contribution in [0.3, 0.4) is 0 Å². The highest BCUT2D eigenvalue weighted by atomic mass is 16.6. The lowest BCUT2D eigenvalue weighted by molar-refractivity contribution is -0.384. The predicted octanol–water partition coefficient (Wildman–Crippen LogP) is 4.39. The fraction of sp³-hybridized carbons (Fsp3) is 0.348. The van der Waals surface area contributed by atoms with Crippen LogP contribution in [0.2, 0.25) is 0 Å². The largest absolute Gasteiger partial charge is 0.497 e. The Labute approximate surface area is 190 Å². The molecular formula is C23H24N4O6. The molecule has 1 saturated heterocycles. The Morgan fingerprint density at radius 3 is 2.48 bits per heavy atom. The van der Waals surface area contributed by atoms with Gasteiger partial charge in [0, 0.05) is 24.7 Å². The van der Waals surface area contributed by atoms with E-state index in [2.05, 4.69) is 10.2 Å². The first-order valence-corrected chi connectivity index (χ1v) is 10.7. The molecule has 1 fully saturated rings. The number of carbonyl (C=O) groups is 1. The molecule has 172 valence electrons. The smallest absolute Gasteiger partial charge is 0.338 e. The molecule has 0 aliphatic carbocycles. The van der Waals surface area contributed by atoms with Crippen LogP contribution in [0, 0.1) is 10.1 Å². The molecule has 0 radical (unpaired) electrons. The number of ether oxygens (including phenoxy) is 2. The van der Waals surface area contributed by atoms with Crippen LogP contribution in [0.25, 0.3) is 11.5 Å². The molecule has 0 bridgehead atoms. The van der Waals surface area contributed by atoms with Crippen LogP contribution in [-0.4, -0.2) is 41.3 Å². The zero-order valence-electron chi connectivity index (χ0n) is 18.2. The van der Waals surface area contributed by atoms with Gasteiger partial charge in [-0.3, -0.25) is 10.1 Å². The Hall–Kier alpha value is -3.95. The van der Waals surface area contributed by atoms with E-state index in [0.717, 1.165) is 38.8 Å². The van der Waals surface area contributed by atoms with Gasteiger partial charge in [0.15, 0.2) is 6.61 Å². The van der Waals surface area contributed by atoms with Gasteiger partial charge in [0.2, 0.25) is 5.89 Å². The molecular weight excluding hydrogens is 428 g/mol. The van der Waals surface area contributed by atoms with Gasteiger partial charge in [0.05, 0.1) is 17.6 Å². The normalized spacial score (nSPS) is 13.9. The summed E-state index contributed by atoms with van der Waals surface area (Å²) in [4.78, 5) is 25.7. The number of carbonyl (C=O) groups excluding carboxylic acids is 1. The Kier molecular flexibility index (Phi) is 6.82. The van der Waals surface area contributed by atoms with E-state index >= 15 is 0 Å². The summed E-state index contributed by atoms with van der Waals surface area (Å²) < 4.78 is 15.9. The van der Waals surface area contributed by atoms with Gasteiger partial charge in [-0.1, -0.05) is 12.8 Å². The second-order valence-electron chi connectivity index (χ2n) is 7.67. The number of anilines is 1. The maximum Gasteiger partial charge on any atom is 0.338 e. The molecule has 2 heterocycles. The summed E-state index contributed by atoms with van der Waals surface area (Å²) in [5.74, 6) is 0.388. The molecule has 1 aliphatic rings. The molecule has 0 spiro atoms. The SMILES string of the molecule is COc1ccc(-c2nnc(COC(=O)c3ccc(N4CCCCCC4)c([N+](=O)[O-])c3)o2)cc1.